The Bertz CT molecular complexity index is 1310. The fraction of sp³-hybridized carbons (Fsp3) is 0.600. The Morgan fingerprint density at radius 3 is 1.63 bits per heavy atom. The topological polar surface area (TPSA) is 110 Å². The van der Waals surface area contributed by atoms with Gasteiger partial charge in [0.2, 0.25) is 5.91 Å². The zero-order chi connectivity index (χ0) is 32.6. The minimum atomic E-state index is -4.45. The van der Waals surface area contributed by atoms with E-state index in [-0.39, 0.29) is 42.3 Å². The van der Waals surface area contributed by atoms with Crippen molar-refractivity contribution in [1.29, 1.82) is 0 Å². The maximum atomic E-state index is 13.3. The standard InChI is InChI=1S/C35H53NO6S/c1-21(2)27-18-28(22(3)4)32(29(19-27)23(5)6)20-33(37)36-43(40,41)42-35-30(24(7)8)16-26(17-31(35)25(9)10)14-12-11-13-15-34(38)39/h16-19,21-25H,11-15,20H2,1-10H3,(H,36,37)(H,38,39). The lowest BCUT2D eigenvalue weighted by Gasteiger charge is -2.23. The number of aliphatic carboxylic acids is 1. The van der Waals surface area contributed by atoms with Crippen molar-refractivity contribution in [2.75, 3.05) is 0 Å². The molecule has 0 atom stereocenters. The molecule has 0 saturated carbocycles. The fourth-order valence-corrected chi connectivity index (χ4v) is 6.20. The van der Waals surface area contributed by atoms with Gasteiger partial charge in [0.05, 0.1) is 6.42 Å². The normalized spacial score (nSPS) is 12.2. The maximum absolute atomic E-state index is 13.3. The first-order chi connectivity index (χ1) is 19.9. The van der Waals surface area contributed by atoms with Gasteiger partial charge in [0, 0.05) is 6.42 Å². The van der Waals surface area contributed by atoms with Crippen LogP contribution in [0.4, 0.5) is 0 Å². The van der Waals surface area contributed by atoms with Gasteiger partial charge < -0.3 is 9.29 Å². The van der Waals surface area contributed by atoms with Crippen molar-refractivity contribution < 1.29 is 27.3 Å². The number of carbonyl (C=O) groups excluding carboxylic acids is 1. The van der Waals surface area contributed by atoms with E-state index in [4.69, 9.17) is 9.29 Å². The number of carboxylic acid groups (broad SMARTS) is 1. The second-order valence-corrected chi connectivity index (χ2v) is 14.5. The molecule has 0 saturated heterocycles. The Balaban J connectivity index is 2.36. The Labute approximate surface area is 260 Å². The van der Waals surface area contributed by atoms with Gasteiger partial charge in [-0.3, -0.25) is 9.59 Å². The molecule has 1 amide bonds. The first-order valence-corrected chi connectivity index (χ1v) is 17.1. The van der Waals surface area contributed by atoms with Gasteiger partial charge >= 0.3 is 16.3 Å². The predicted octanol–water partition coefficient (Wildman–Crippen LogP) is 8.47. The molecular weight excluding hydrogens is 562 g/mol. The van der Waals surface area contributed by atoms with Crippen molar-refractivity contribution in [3.05, 3.63) is 63.2 Å². The number of benzene rings is 2. The minimum absolute atomic E-state index is 0.0213. The van der Waals surface area contributed by atoms with E-state index in [0.717, 1.165) is 52.6 Å². The SMILES string of the molecule is CC(C)c1cc(C(C)C)c(CC(=O)NS(=O)(=O)Oc2c(C(C)C)cc(CCCCCC(=O)O)cc2C(C)C)c(C(C)C)c1. The molecular formula is C35H53NO6S. The van der Waals surface area contributed by atoms with Crippen LogP contribution in [-0.4, -0.2) is 25.4 Å². The van der Waals surface area contributed by atoms with Crippen LogP contribution in [0.3, 0.4) is 0 Å². The van der Waals surface area contributed by atoms with Gasteiger partial charge in [-0.2, -0.15) is 8.42 Å². The number of unbranched alkanes of at least 4 members (excludes halogenated alkanes) is 2. The van der Waals surface area contributed by atoms with Crippen molar-refractivity contribution in [2.24, 2.45) is 0 Å². The van der Waals surface area contributed by atoms with Crippen LogP contribution < -0.4 is 8.91 Å². The number of nitrogens with one attached hydrogen (secondary N) is 1. The van der Waals surface area contributed by atoms with Crippen LogP contribution in [0.2, 0.25) is 0 Å². The molecule has 0 aromatic heterocycles. The molecule has 7 nitrogen and oxygen atoms in total. The number of carbonyl (C=O) groups is 2. The van der Waals surface area contributed by atoms with Crippen LogP contribution in [0.15, 0.2) is 24.3 Å². The zero-order valence-electron chi connectivity index (χ0n) is 27.8. The predicted molar refractivity (Wildman–Crippen MR) is 175 cm³/mol. The number of rotatable bonds is 16. The molecule has 2 aromatic carbocycles. The highest BCUT2D eigenvalue weighted by molar-refractivity contribution is 7.85. The largest absolute Gasteiger partial charge is 0.481 e. The lowest BCUT2D eigenvalue weighted by Crippen LogP contribution is -2.36. The first-order valence-electron chi connectivity index (χ1n) is 15.7. The Morgan fingerprint density at radius 1 is 0.721 bits per heavy atom. The van der Waals surface area contributed by atoms with Crippen LogP contribution in [0.25, 0.3) is 0 Å². The fourth-order valence-electron chi connectivity index (χ4n) is 5.40. The van der Waals surface area contributed by atoms with Gasteiger partial charge in [-0.15, -0.1) is 0 Å². The molecule has 0 unspecified atom stereocenters. The van der Waals surface area contributed by atoms with Crippen molar-refractivity contribution in [1.82, 2.24) is 4.72 Å². The van der Waals surface area contributed by atoms with Crippen LogP contribution in [0.5, 0.6) is 5.75 Å². The monoisotopic (exact) mass is 615 g/mol. The molecule has 0 bridgehead atoms. The summed E-state index contributed by atoms with van der Waals surface area (Å²) < 4.78 is 34.5. The third-order valence-electron chi connectivity index (χ3n) is 7.83. The molecule has 0 heterocycles. The highest BCUT2D eigenvalue weighted by atomic mass is 32.2. The third kappa shape index (κ3) is 10.7. The van der Waals surface area contributed by atoms with E-state index in [1.54, 1.807) is 0 Å². The highest BCUT2D eigenvalue weighted by Crippen LogP contribution is 2.37. The summed E-state index contributed by atoms with van der Waals surface area (Å²) in [6, 6.07) is 8.24. The summed E-state index contributed by atoms with van der Waals surface area (Å²) in [5.74, 6) is -0.513. The van der Waals surface area contributed by atoms with Gasteiger partial charge in [-0.05, 0) is 87.8 Å². The molecule has 0 fully saturated rings. The molecule has 240 valence electrons. The van der Waals surface area contributed by atoms with Crippen LogP contribution in [-0.2, 0) is 32.7 Å². The van der Waals surface area contributed by atoms with Crippen LogP contribution >= 0.6 is 0 Å². The van der Waals surface area contributed by atoms with Gasteiger partial charge in [0.25, 0.3) is 0 Å². The lowest BCUT2D eigenvalue weighted by atomic mass is 9.83. The van der Waals surface area contributed by atoms with Crippen molar-refractivity contribution in [2.45, 2.75) is 137 Å². The third-order valence-corrected chi connectivity index (χ3v) is 8.69. The van der Waals surface area contributed by atoms with Crippen LogP contribution in [0, 0.1) is 0 Å². The Kier molecular flexibility index (Phi) is 13.3. The summed E-state index contributed by atoms with van der Waals surface area (Å²) in [4.78, 5) is 24.1. The molecule has 0 spiro atoms. The summed E-state index contributed by atoms with van der Waals surface area (Å²) in [6.07, 6.45) is 3.13. The van der Waals surface area contributed by atoms with Crippen molar-refractivity contribution in [3.63, 3.8) is 0 Å². The molecule has 2 rings (SSSR count). The minimum Gasteiger partial charge on any atom is -0.481 e. The van der Waals surface area contributed by atoms with E-state index in [2.05, 4.69) is 58.4 Å². The summed E-state index contributed by atoms with van der Waals surface area (Å²) in [5, 5.41) is 8.88. The Hall–Kier alpha value is -2.87. The van der Waals surface area contributed by atoms with Gasteiger partial charge in [0.1, 0.15) is 0 Å². The number of carboxylic acids is 1. The summed E-state index contributed by atoms with van der Waals surface area (Å²) in [6.45, 7) is 20.6. The van der Waals surface area contributed by atoms with E-state index in [1.165, 1.54) is 5.56 Å². The zero-order valence-corrected chi connectivity index (χ0v) is 28.7. The highest BCUT2D eigenvalue weighted by Gasteiger charge is 2.26. The summed E-state index contributed by atoms with van der Waals surface area (Å²) in [5.41, 5.74) is 6.79. The average Bonchev–Trinajstić information content (AvgIpc) is 2.87. The van der Waals surface area contributed by atoms with E-state index in [1.807, 2.05) is 39.8 Å². The molecule has 2 aromatic rings. The maximum Gasteiger partial charge on any atom is 0.409 e. The van der Waals surface area contributed by atoms with Crippen molar-refractivity contribution in [3.8, 4) is 5.75 Å². The number of aryl methyl sites for hydroxylation is 1. The van der Waals surface area contributed by atoms with Gasteiger partial charge in [-0.25, -0.2) is 4.72 Å². The van der Waals surface area contributed by atoms with Gasteiger partial charge in [-0.1, -0.05) is 99.9 Å². The molecule has 2 N–H and O–H groups in total. The number of amides is 1. The number of hydrogen-bond donors (Lipinski definition) is 2. The lowest BCUT2D eigenvalue weighted by molar-refractivity contribution is -0.137. The Morgan fingerprint density at radius 2 is 1.21 bits per heavy atom. The van der Waals surface area contributed by atoms with Crippen LogP contribution in [0.1, 0.15) is 163 Å². The molecule has 0 aliphatic rings. The first kappa shape index (κ1) is 36.3. The smallest absolute Gasteiger partial charge is 0.409 e. The molecule has 0 aliphatic heterocycles. The van der Waals surface area contributed by atoms with Gasteiger partial charge in [0.15, 0.2) is 5.75 Å². The van der Waals surface area contributed by atoms with E-state index in [0.29, 0.717) is 12.3 Å². The second-order valence-electron chi connectivity index (χ2n) is 13.2. The summed E-state index contributed by atoms with van der Waals surface area (Å²) in [7, 11) is -4.45. The molecule has 0 radical (unpaired) electrons. The van der Waals surface area contributed by atoms with E-state index < -0.39 is 22.2 Å². The van der Waals surface area contributed by atoms with E-state index in [9.17, 15) is 18.0 Å². The molecule has 43 heavy (non-hydrogen) atoms. The quantitative estimate of drug-likeness (QED) is 0.183. The number of hydrogen-bond acceptors (Lipinski definition) is 5. The van der Waals surface area contributed by atoms with E-state index >= 15 is 0 Å². The van der Waals surface area contributed by atoms with Crippen molar-refractivity contribution >= 4 is 22.2 Å². The average molecular weight is 616 g/mol. The second kappa shape index (κ2) is 15.7. The molecule has 0 aliphatic carbocycles. The molecule has 8 heteroatoms. The summed E-state index contributed by atoms with van der Waals surface area (Å²) >= 11 is 0.